The van der Waals surface area contributed by atoms with E-state index in [1.54, 1.807) is 0 Å². The normalized spacial score (nSPS) is 11.3. The van der Waals surface area contributed by atoms with Gasteiger partial charge in [0.25, 0.3) is 0 Å². The molecule has 4 heteroatoms. The lowest BCUT2D eigenvalue weighted by atomic mass is 9.88. The third-order valence-corrected chi connectivity index (χ3v) is 10.9. The first kappa shape index (κ1) is 34.9. The zero-order valence-corrected chi connectivity index (χ0v) is 29.2. The maximum Gasteiger partial charge on any atom is 0.0550 e. The van der Waals surface area contributed by atoms with Crippen molar-refractivity contribution in [1.29, 1.82) is 0 Å². The van der Waals surface area contributed by atoms with E-state index in [1.807, 2.05) is 0 Å². The average molecular weight is 701 g/mol. The van der Waals surface area contributed by atoms with E-state index < -0.39 is 0 Å². The van der Waals surface area contributed by atoms with E-state index in [9.17, 15) is 0 Å². The van der Waals surface area contributed by atoms with Gasteiger partial charge in [-0.05, 0) is 77.9 Å². The molecule has 0 aromatic heterocycles. The summed E-state index contributed by atoms with van der Waals surface area (Å²) in [4.78, 5) is 0. The summed E-state index contributed by atoms with van der Waals surface area (Å²) in [5.41, 5.74) is 5.87. The highest BCUT2D eigenvalue weighted by Crippen LogP contribution is 2.32. The van der Waals surface area contributed by atoms with Crippen LogP contribution in [0.3, 0.4) is 0 Å². The molecule has 0 fully saturated rings. The van der Waals surface area contributed by atoms with Gasteiger partial charge in [0.2, 0.25) is 0 Å². The number of benzene rings is 4. The van der Waals surface area contributed by atoms with Crippen LogP contribution < -0.4 is 34.0 Å². The first-order chi connectivity index (χ1) is 18.9. The number of rotatable bonds is 17. The molecule has 40 heavy (non-hydrogen) atoms. The minimum atomic E-state index is 0. The second-order valence-electron chi connectivity index (χ2n) is 10.5. The minimum Gasteiger partial charge on any atom is -1.00 e. The smallest absolute Gasteiger partial charge is 0.0550 e. The second-order valence-corrected chi connectivity index (χ2v) is 13.9. The van der Waals surface area contributed by atoms with Crippen LogP contribution in [0.15, 0.2) is 121 Å². The van der Waals surface area contributed by atoms with Gasteiger partial charge >= 0.3 is 0 Å². The number of halogens is 2. The monoisotopic (exact) mass is 698 g/mol. The Hall–Kier alpha value is -1.30. The molecule has 0 N–H and O–H groups in total. The highest BCUT2D eigenvalue weighted by Gasteiger charge is 2.15. The van der Waals surface area contributed by atoms with Crippen LogP contribution in [0.25, 0.3) is 0 Å². The van der Waals surface area contributed by atoms with Crippen LogP contribution in [0, 0.1) is 0 Å². The summed E-state index contributed by atoms with van der Waals surface area (Å²) in [6.45, 7) is 0. The molecule has 0 aliphatic rings. The maximum atomic E-state index is 2.30. The quantitative estimate of drug-likeness (QED) is 0.116. The molecule has 0 radical (unpaired) electrons. The van der Waals surface area contributed by atoms with Gasteiger partial charge in [-0.2, -0.15) is 0 Å². The fourth-order valence-electron chi connectivity index (χ4n) is 5.59. The van der Waals surface area contributed by atoms with Crippen molar-refractivity contribution in [1.82, 2.24) is 0 Å². The molecular weight excluding hydrogens is 654 g/mol. The Labute approximate surface area is 268 Å². The highest BCUT2D eigenvalue weighted by molar-refractivity contribution is 7.38. The van der Waals surface area contributed by atoms with Crippen LogP contribution in [-0.2, 0) is 0 Å². The Morgan fingerprint density at radius 1 is 0.350 bits per heavy atom. The van der Waals surface area contributed by atoms with E-state index in [1.165, 1.54) is 85.4 Å². The van der Waals surface area contributed by atoms with Crippen LogP contribution in [0.4, 0.5) is 0 Å². The number of hydrogen-bond acceptors (Lipinski definition) is 0. The number of unbranched alkanes of at least 4 members (excludes halogenated alkanes) is 1. The van der Waals surface area contributed by atoms with Crippen LogP contribution in [0.5, 0.6) is 0 Å². The van der Waals surface area contributed by atoms with Gasteiger partial charge in [-0.1, -0.05) is 121 Å². The van der Waals surface area contributed by atoms with Crippen molar-refractivity contribution in [2.75, 3.05) is 24.6 Å². The van der Waals surface area contributed by atoms with Crippen molar-refractivity contribution in [2.45, 2.75) is 50.4 Å². The summed E-state index contributed by atoms with van der Waals surface area (Å²) in [7, 11) is 1.24. The molecule has 0 spiro atoms. The predicted octanol–water partition coefficient (Wildman–Crippen LogP) is 3.82. The topological polar surface area (TPSA) is 0 Å². The average Bonchev–Trinajstić information content (AvgIpc) is 2.99. The van der Waals surface area contributed by atoms with Crippen LogP contribution in [0.1, 0.15) is 72.6 Å². The van der Waals surface area contributed by atoms with E-state index in [0.717, 1.165) is 0 Å². The lowest BCUT2D eigenvalue weighted by Gasteiger charge is -2.17. The summed E-state index contributed by atoms with van der Waals surface area (Å²) >= 11 is 0. The Kier molecular flexibility index (Phi) is 18.7. The third-order valence-electron chi connectivity index (χ3n) is 7.68. The molecule has 4 aromatic carbocycles. The molecule has 4 aromatic rings. The van der Waals surface area contributed by atoms with Crippen molar-refractivity contribution >= 4 is 17.2 Å². The highest BCUT2D eigenvalue weighted by atomic mass is 79.9. The van der Waals surface area contributed by atoms with Crippen molar-refractivity contribution in [3.05, 3.63) is 144 Å². The van der Waals surface area contributed by atoms with Gasteiger partial charge in [0.1, 0.15) is 0 Å². The first-order valence-corrected chi connectivity index (χ1v) is 18.0. The van der Waals surface area contributed by atoms with Crippen molar-refractivity contribution in [3.63, 3.8) is 0 Å². The number of hydrogen-bond donors (Lipinski definition) is 0. The van der Waals surface area contributed by atoms with Crippen LogP contribution in [-0.4, -0.2) is 24.6 Å². The molecule has 0 aliphatic carbocycles. The molecule has 0 bridgehead atoms. The van der Waals surface area contributed by atoms with Crippen LogP contribution >= 0.6 is 17.2 Å². The molecule has 0 aliphatic heterocycles. The van der Waals surface area contributed by atoms with E-state index >= 15 is 0 Å². The molecular formula is C36H46Br2P2. The van der Waals surface area contributed by atoms with Crippen LogP contribution in [0.2, 0.25) is 0 Å². The molecule has 0 saturated heterocycles. The fraction of sp³-hybridized carbons (Fsp3) is 0.333. The van der Waals surface area contributed by atoms with E-state index in [2.05, 4.69) is 121 Å². The van der Waals surface area contributed by atoms with Gasteiger partial charge in [0.15, 0.2) is 0 Å². The second kappa shape index (κ2) is 21.4. The summed E-state index contributed by atoms with van der Waals surface area (Å²) in [6.07, 6.45) is 14.1. The molecule has 2 unspecified atom stereocenters. The third kappa shape index (κ3) is 12.3. The summed E-state index contributed by atoms with van der Waals surface area (Å²) in [5.74, 6) is 1.09. The van der Waals surface area contributed by atoms with E-state index in [0.29, 0.717) is 29.0 Å². The van der Waals surface area contributed by atoms with E-state index in [-0.39, 0.29) is 34.0 Å². The van der Waals surface area contributed by atoms with E-state index in [4.69, 9.17) is 0 Å². The van der Waals surface area contributed by atoms with Gasteiger partial charge in [-0.15, -0.1) is 0 Å². The zero-order chi connectivity index (χ0) is 26.1. The lowest BCUT2D eigenvalue weighted by molar-refractivity contribution is -0.001000. The standard InChI is InChI=1S/C36H44P2.2BrH/c1-5-17-31(18-6-1)35(32-19-7-2-8-20-32)25-15-29-37-27-13-14-28-38-30-16-26-36(33-21-9-3-10-22-33)34-23-11-4-12-24-34;;/h1-12,17-24,35-38H,13-16,25-30H2;2*1H. The van der Waals surface area contributed by atoms with Gasteiger partial charge in [0, 0.05) is 11.8 Å². The zero-order valence-electron chi connectivity index (χ0n) is 23.7. The molecule has 214 valence electrons. The van der Waals surface area contributed by atoms with Crippen molar-refractivity contribution < 1.29 is 34.0 Å². The Morgan fingerprint density at radius 2 is 0.600 bits per heavy atom. The summed E-state index contributed by atoms with van der Waals surface area (Å²) in [6, 6.07) is 44.4. The first-order valence-electron chi connectivity index (χ1n) is 14.7. The predicted molar refractivity (Wildman–Crippen MR) is 176 cm³/mol. The van der Waals surface area contributed by atoms with Crippen molar-refractivity contribution in [2.24, 2.45) is 0 Å². The Bertz CT molecular complexity index is 953. The van der Waals surface area contributed by atoms with Gasteiger partial charge in [-0.25, -0.2) is 0 Å². The molecule has 0 saturated carbocycles. The largest absolute Gasteiger partial charge is 1.00 e. The maximum absolute atomic E-state index is 2.30. The SMILES string of the molecule is [Br-].[Br-].c1ccc(C(CCC[PH2+]CCCC[PH2+]CCCC(c2ccccc2)c2ccccc2)c2ccccc2)cc1. The minimum absolute atomic E-state index is 0. The molecule has 2 atom stereocenters. The summed E-state index contributed by atoms with van der Waals surface area (Å²) < 4.78 is 0. The van der Waals surface area contributed by atoms with Gasteiger partial charge in [-0.3, -0.25) is 0 Å². The molecule has 4 rings (SSSR count). The molecule has 0 nitrogen and oxygen atoms in total. The Morgan fingerprint density at radius 3 is 0.875 bits per heavy atom. The lowest BCUT2D eigenvalue weighted by Crippen LogP contribution is -3.00. The Balaban J connectivity index is 0.00000280. The van der Waals surface area contributed by atoms with Crippen molar-refractivity contribution in [3.8, 4) is 0 Å². The van der Waals surface area contributed by atoms with Gasteiger partial charge < -0.3 is 34.0 Å². The van der Waals surface area contributed by atoms with Gasteiger partial charge in [0.05, 0.1) is 24.6 Å². The molecule has 0 amide bonds. The molecule has 0 heterocycles. The fourth-order valence-corrected chi connectivity index (χ4v) is 8.37. The summed E-state index contributed by atoms with van der Waals surface area (Å²) in [5, 5.41) is 0.